The lowest BCUT2D eigenvalue weighted by Gasteiger charge is -2.19. The SMILES string of the molecule is CCCCC/C=C\C=C/CCCCCCCCCCCCC(=O)NC(CO)C(O)/C=C/CC/C=C/CCCCC. The van der Waals surface area contributed by atoms with Gasteiger partial charge in [0.15, 0.2) is 0 Å². The first-order chi connectivity index (χ1) is 19.7. The number of aliphatic hydroxyl groups excluding tert-OH is 2. The van der Waals surface area contributed by atoms with E-state index in [0.717, 1.165) is 32.1 Å². The summed E-state index contributed by atoms with van der Waals surface area (Å²) in [4.78, 5) is 12.2. The Balaban J connectivity index is 3.64. The molecule has 2 atom stereocenters. The molecule has 2 unspecified atom stereocenters. The minimum Gasteiger partial charge on any atom is -0.394 e. The molecule has 0 heterocycles. The van der Waals surface area contributed by atoms with E-state index in [1.54, 1.807) is 6.08 Å². The van der Waals surface area contributed by atoms with Crippen LogP contribution in [0.3, 0.4) is 0 Å². The first-order valence-corrected chi connectivity index (χ1v) is 16.9. The maximum absolute atomic E-state index is 12.2. The van der Waals surface area contributed by atoms with Crippen LogP contribution >= 0.6 is 0 Å². The summed E-state index contributed by atoms with van der Waals surface area (Å²) in [6.07, 6.45) is 41.9. The van der Waals surface area contributed by atoms with Crippen molar-refractivity contribution in [3.8, 4) is 0 Å². The number of amides is 1. The van der Waals surface area contributed by atoms with Crippen LogP contribution < -0.4 is 5.32 Å². The molecule has 1 amide bonds. The van der Waals surface area contributed by atoms with Crippen LogP contribution in [0.2, 0.25) is 0 Å². The van der Waals surface area contributed by atoms with E-state index in [1.165, 1.54) is 103 Å². The summed E-state index contributed by atoms with van der Waals surface area (Å²) in [6.45, 7) is 4.19. The summed E-state index contributed by atoms with van der Waals surface area (Å²) in [5.41, 5.74) is 0. The van der Waals surface area contributed by atoms with Gasteiger partial charge in [-0.2, -0.15) is 0 Å². The van der Waals surface area contributed by atoms with Gasteiger partial charge >= 0.3 is 0 Å². The molecule has 0 aromatic rings. The topological polar surface area (TPSA) is 69.6 Å². The highest BCUT2D eigenvalue weighted by molar-refractivity contribution is 5.76. The number of carbonyl (C=O) groups excluding carboxylic acids is 1. The van der Waals surface area contributed by atoms with E-state index in [4.69, 9.17) is 0 Å². The first-order valence-electron chi connectivity index (χ1n) is 16.9. The number of allylic oxidation sites excluding steroid dienone is 7. The highest BCUT2D eigenvalue weighted by atomic mass is 16.3. The van der Waals surface area contributed by atoms with Gasteiger partial charge in [0.25, 0.3) is 0 Å². The average molecular weight is 560 g/mol. The van der Waals surface area contributed by atoms with Crippen LogP contribution in [0.15, 0.2) is 48.6 Å². The molecule has 0 aliphatic heterocycles. The maximum atomic E-state index is 12.2. The van der Waals surface area contributed by atoms with Gasteiger partial charge in [-0.05, 0) is 57.8 Å². The fourth-order valence-corrected chi connectivity index (χ4v) is 4.65. The molecule has 0 aliphatic rings. The lowest BCUT2D eigenvalue weighted by Crippen LogP contribution is -2.45. The zero-order valence-electron chi connectivity index (χ0n) is 26.3. The van der Waals surface area contributed by atoms with Crippen molar-refractivity contribution in [2.24, 2.45) is 0 Å². The third-order valence-corrected chi connectivity index (χ3v) is 7.31. The number of unbranched alkanes of at least 4 members (excludes halogenated alkanes) is 17. The normalized spacial score (nSPS) is 13.8. The third-order valence-electron chi connectivity index (χ3n) is 7.31. The zero-order valence-corrected chi connectivity index (χ0v) is 26.3. The van der Waals surface area contributed by atoms with Crippen LogP contribution in [-0.2, 0) is 4.79 Å². The van der Waals surface area contributed by atoms with Gasteiger partial charge in [-0.15, -0.1) is 0 Å². The van der Waals surface area contributed by atoms with Crippen molar-refractivity contribution >= 4 is 5.91 Å². The Morgan fingerprint density at radius 3 is 1.60 bits per heavy atom. The standard InChI is InChI=1S/C36H65NO3/c1-3-5-7-9-11-13-14-15-16-17-18-19-20-21-22-24-26-28-30-32-36(40)37-34(33-38)35(39)31-29-27-25-23-12-10-8-6-4-2/h11-15,23,29,31,34-35,38-39H,3-10,16-22,24-28,30,32-33H2,1-2H3,(H,37,40)/b13-11-,15-14-,23-12+,31-29+. The highest BCUT2D eigenvalue weighted by Crippen LogP contribution is 2.12. The smallest absolute Gasteiger partial charge is 0.220 e. The maximum Gasteiger partial charge on any atom is 0.220 e. The molecule has 0 bridgehead atoms. The Bertz CT molecular complexity index is 652. The third kappa shape index (κ3) is 27.9. The van der Waals surface area contributed by atoms with E-state index in [1.807, 2.05) is 6.08 Å². The summed E-state index contributed by atoms with van der Waals surface area (Å²) < 4.78 is 0. The van der Waals surface area contributed by atoms with E-state index in [9.17, 15) is 15.0 Å². The first kappa shape index (κ1) is 38.4. The quantitative estimate of drug-likeness (QED) is 0.0485. The molecule has 40 heavy (non-hydrogen) atoms. The molecular weight excluding hydrogens is 494 g/mol. The molecule has 0 aliphatic carbocycles. The van der Waals surface area contributed by atoms with Gasteiger partial charge in [-0.25, -0.2) is 0 Å². The van der Waals surface area contributed by atoms with Gasteiger partial charge in [-0.3, -0.25) is 4.79 Å². The Morgan fingerprint density at radius 2 is 1.05 bits per heavy atom. The van der Waals surface area contributed by atoms with Crippen LogP contribution in [-0.4, -0.2) is 34.9 Å². The lowest BCUT2D eigenvalue weighted by atomic mass is 10.0. The van der Waals surface area contributed by atoms with Gasteiger partial charge in [-0.1, -0.05) is 140 Å². The molecule has 0 fully saturated rings. The summed E-state index contributed by atoms with van der Waals surface area (Å²) in [5, 5.41) is 22.7. The van der Waals surface area contributed by atoms with Gasteiger partial charge in [0, 0.05) is 6.42 Å². The van der Waals surface area contributed by atoms with Crippen LogP contribution in [0.1, 0.15) is 155 Å². The van der Waals surface area contributed by atoms with E-state index >= 15 is 0 Å². The van der Waals surface area contributed by atoms with Crippen molar-refractivity contribution in [1.82, 2.24) is 5.32 Å². The number of rotatable bonds is 29. The summed E-state index contributed by atoms with van der Waals surface area (Å²) >= 11 is 0. The predicted molar refractivity (Wildman–Crippen MR) is 175 cm³/mol. The molecule has 232 valence electrons. The van der Waals surface area contributed by atoms with Crippen LogP contribution in [0, 0.1) is 0 Å². The number of carbonyl (C=O) groups is 1. The second-order valence-corrected chi connectivity index (χ2v) is 11.2. The van der Waals surface area contributed by atoms with E-state index in [-0.39, 0.29) is 12.5 Å². The van der Waals surface area contributed by atoms with Crippen molar-refractivity contribution in [1.29, 1.82) is 0 Å². The molecule has 0 spiro atoms. The van der Waals surface area contributed by atoms with E-state index in [2.05, 4.69) is 55.6 Å². The van der Waals surface area contributed by atoms with Crippen LogP contribution in [0.4, 0.5) is 0 Å². The molecular formula is C36H65NO3. The van der Waals surface area contributed by atoms with Crippen molar-refractivity contribution in [2.45, 2.75) is 167 Å². The second kappa shape index (κ2) is 31.9. The van der Waals surface area contributed by atoms with Crippen molar-refractivity contribution in [3.05, 3.63) is 48.6 Å². The predicted octanol–water partition coefficient (Wildman–Crippen LogP) is 9.67. The number of nitrogens with one attached hydrogen (secondary N) is 1. The van der Waals surface area contributed by atoms with E-state index in [0.29, 0.717) is 6.42 Å². The second-order valence-electron chi connectivity index (χ2n) is 11.2. The van der Waals surface area contributed by atoms with E-state index < -0.39 is 12.1 Å². The molecule has 0 aromatic carbocycles. The Kier molecular flexibility index (Phi) is 30.6. The van der Waals surface area contributed by atoms with Crippen LogP contribution in [0.25, 0.3) is 0 Å². The summed E-state index contributed by atoms with van der Waals surface area (Å²) in [7, 11) is 0. The van der Waals surface area contributed by atoms with Crippen LogP contribution in [0.5, 0.6) is 0 Å². The van der Waals surface area contributed by atoms with Crippen molar-refractivity contribution in [2.75, 3.05) is 6.61 Å². The summed E-state index contributed by atoms with van der Waals surface area (Å²) in [6, 6.07) is -0.637. The van der Waals surface area contributed by atoms with Crippen molar-refractivity contribution < 1.29 is 15.0 Å². The molecule has 0 radical (unpaired) electrons. The fourth-order valence-electron chi connectivity index (χ4n) is 4.65. The largest absolute Gasteiger partial charge is 0.394 e. The monoisotopic (exact) mass is 559 g/mol. The minimum atomic E-state index is -0.860. The van der Waals surface area contributed by atoms with Gasteiger partial charge < -0.3 is 15.5 Å². The van der Waals surface area contributed by atoms with Gasteiger partial charge in [0.05, 0.1) is 18.8 Å². The lowest BCUT2D eigenvalue weighted by molar-refractivity contribution is -0.123. The number of hydrogen-bond acceptors (Lipinski definition) is 3. The average Bonchev–Trinajstić information content (AvgIpc) is 2.96. The molecule has 0 saturated heterocycles. The molecule has 3 N–H and O–H groups in total. The molecule has 4 heteroatoms. The summed E-state index contributed by atoms with van der Waals surface area (Å²) in [5.74, 6) is -0.0839. The minimum absolute atomic E-state index is 0.0839. The number of aliphatic hydroxyl groups is 2. The van der Waals surface area contributed by atoms with Gasteiger partial charge in [0.2, 0.25) is 5.91 Å². The molecule has 0 aromatic heterocycles. The Morgan fingerprint density at radius 1 is 0.600 bits per heavy atom. The zero-order chi connectivity index (χ0) is 29.4. The molecule has 0 rings (SSSR count). The van der Waals surface area contributed by atoms with Crippen molar-refractivity contribution in [3.63, 3.8) is 0 Å². The Hall–Kier alpha value is -1.65. The fraction of sp³-hybridized carbons (Fsp3) is 0.750. The highest BCUT2D eigenvalue weighted by Gasteiger charge is 2.17. The van der Waals surface area contributed by atoms with Gasteiger partial charge in [0.1, 0.15) is 0 Å². The Labute approximate surface area is 248 Å². The number of hydrogen-bond donors (Lipinski definition) is 3. The molecule has 4 nitrogen and oxygen atoms in total. The molecule has 0 saturated carbocycles.